The van der Waals surface area contributed by atoms with Crippen molar-refractivity contribution in [2.24, 2.45) is 5.92 Å². The second kappa shape index (κ2) is 5.66. The highest BCUT2D eigenvalue weighted by atomic mass is 35.5. The van der Waals surface area contributed by atoms with E-state index in [1.165, 1.54) is 24.1 Å². The van der Waals surface area contributed by atoms with E-state index in [-0.39, 0.29) is 0 Å². The van der Waals surface area contributed by atoms with Gasteiger partial charge < -0.3 is 0 Å². The van der Waals surface area contributed by atoms with Gasteiger partial charge >= 0.3 is 0 Å². The summed E-state index contributed by atoms with van der Waals surface area (Å²) >= 11 is 7.81. The minimum absolute atomic E-state index is 0.774. The van der Waals surface area contributed by atoms with Crippen molar-refractivity contribution >= 4 is 22.9 Å². The number of halogens is 1. The summed E-state index contributed by atoms with van der Waals surface area (Å²) in [6, 6.07) is 1.99. The van der Waals surface area contributed by atoms with E-state index in [2.05, 4.69) is 19.2 Å². The summed E-state index contributed by atoms with van der Waals surface area (Å²) in [5.74, 6) is 0.774. The predicted octanol–water partition coefficient (Wildman–Crippen LogP) is 4.77. The Balaban J connectivity index is 2.36. The number of rotatable bonds is 5. The van der Waals surface area contributed by atoms with Gasteiger partial charge in [0.1, 0.15) is 0 Å². The minimum Gasteiger partial charge on any atom is -0.147 e. The maximum Gasteiger partial charge on any atom is 0.0545 e. The zero-order valence-electron chi connectivity index (χ0n) is 8.35. The Morgan fingerprint density at radius 2 is 2.31 bits per heavy atom. The van der Waals surface area contributed by atoms with E-state index in [4.69, 9.17) is 11.6 Å². The first-order valence-electron chi connectivity index (χ1n) is 4.96. The Morgan fingerprint density at radius 3 is 2.85 bits per heavy atom. The molecule has 0 radical (unpaired) electrons. The molecule has 0 spiro atoms. The first-order chi connectivity index (χ1) is 6.24. The molecule has 0 aliphatic rings. The fraction of sp³-hybridized carbons (Fsp3) is 0.636. The van der Waals surface area contributed by atoms with Crippen molar-refractivity contribution in [3.63, 3.8) is 0 Å². The van der Waals surface area contributed by atoms with Crippen molar-refractivity contribution in [2.75, 3.05) is 0 Å². The van der Waals surface area contributed by atoms with Gasteiger partial charge in [-0.2, -0.15) is 0 Å². The lowest BCUT2D eigenvalue weighted by Gasteiger charge is -2.08. The molecule has 0 aromatic carbocycles. The second-order valence-electron chi connectivity index (χ2n) is 3.64. The van der Waals surface area contributed by atoms with Crippen molar-refractivity contribution in [2.45, 2.75) is 39.5 Å². The number of hydrogen-bond acceptors (Lipinski definition) is 1. The van der Waals surface area contributed by atoms with Gasteiger partial charge in [0.2, 0.25) is 0 Å². The summed E-state index contributed by atoms with van der Waals surface area (Å²) in [6.45, 7) is 4.55. The van der Waals surface area contributed by atoms with Gasteiger partial charge in [0.15, 0.2) is 0 Å². The summed E-state index contributed by atoms with van der Waals surface area (Å²) in [7, 11) is 0. The fourth-order valence-corrected chi connectivity index (χ4v) is 2.72. The topological polar surface area (TPSA) is 0 Å². The molecule has 0 unspecified atom stereocenters. The fourth-order valence-electron chi connectivity index (χ4n) is 1.44. The monoisotopic (exact) mass is 216 g/mol. The molecule has 74 valence electrons. The van der Waals surface area contributed by atoms with Crippen LogP contribution in [0.1, 0.15) is 38.0 Å². The lowest BCUT2D eigenvalue weighted by atomic mass is 10.0. The van der Waals surface area contributed by atoms with Gasteiger partial charge in [-0.05, 0) is 23.8 Å². The van der Waals surface area contributed by atoms with Crippen LogP contribution in [-0.4, -0.2) is 0 Å². The number of unbranched alkanes of at least 4 members (excludes halogenated alkanes) is 1. The molecule has 0 bridgehead atoms. The molecular formula is C11H17ClS. The summed E-state index contributed by atoms with van der Waals surface area (Å²) in [5.41, 5.74) is 0. The Bertz CT molecular complexity index is 242. The third-order valence-electron chi connectivity index (χ3n) is 2.28. The Hall–Kier alpha value is -0.0100. The smallest absolute Gasteiger partial charge is 0.0545 e. The third kappa shape index (κ3) is 3.70. The lowest BCUT2D eigenvalue weighted by Crippen LogP contribution is -1.98. The standard InChI is InChI=1S/C11H17ClS/c1-3-4-5-9(2)8-11-10(12)6-7-13-11/h6-7,9H,3-5,8H2,1-2H3/t9-/m0/s1. The molecule has 1 rings (SSSR count). The average molecular weight is 217 g/mol. The van der Waals surface area contributed by atoms with Crippen LogP contribution in [0, 0.1) is 5.92 Å². The Kier molecular flexibility index (Phi) is 4.82. The van der Waals surface area contributed by atoms with Gasteiger partial charge in [0.05, 0.1) is 5.02 Å². The van der Waals surface area contributed by atoms with E-state index in [0.717, 1.165) is 17.4 Å². The van der Waals surface area contributed by atoms with E-state index in [1.54, 1.807) is 11.3 Å². The molecule has 13 heavy (non-hydrogen) atoms. The highest BCUT2D eigenvalue weighted by Gasteiger charge is 2.07. The van der Waals surface area contributed by atoms with Crippen molar-refractivity contribution in [3.8, 4) is 0 Å². The quantitative estimate of drug-likeness (QED) is 0.665. The van der Waals surface area contributed by atoms with E-state index in [9.17, 15) is 0 Å². The largest absolute Gasteiger partial charge is 0.147 e. The van der Waals surface area contributed by atoms with Crippen LogP contribution in [0.15, 0.2) is 11.4 Å². The minimum atomic E-state index is 0.774. The summed E-state index contributed by atoms with van der Waals surface area (Å²) in [6.07, 6.45) is 5.11. The van der Waals surface area contributed by atoms with Crippen LogP contribution in [0.25, 0.3) is 0 Å². The second-order valence-corrected chi connectivity index (χ2v) is 5.05. The van der Waals surface area contributed by atoms with Crippen LogP contribution in [-0.2, 0) is 6.42 Å². The Morgan fingerprint density at radius 1 is 1.54 bits per heavy atom. The van der Waals surface area contributed by atoms with Gasteiger partial charge in [-0.1, -0.05) is 44.7 Å². The first kappa shape index (κ1) is 11.1. The van der Waals surface area contributed by atoms with Crippen LogP contribution in [0.3, 0.4) is 0 Å². The highest BCUT2D eigenvalue weighted by molar-refractivity contribution is 7.10. The molecule has 1 heterocycles. The molecular weight excluding hydrogens is 200 g/mol. The molecule has 1 atom stereocenters. The van der Waals surface area contributed by atoms with Crippen molar-refractivity contribution in [1.82, 2.24) is 0 Å². The molecule has 0 nitrogen and oxygen atoms in total. The molecule has 0 aliphatic carbocycles. The van der Waals surface area contributed by atoms with Crippen LogP contribution in [0.5, 0.6) is 0 Å². The SMILES string of the molecule is CCCC[C@H](C)Cc1sccc1Cl. The van der Waals surface area contributed by atoms with Crippen molar-refractivity contribution in [1.29, 1.82) is 0 Å². The molecule has 0 fully saturated rings. The third-order valence-corrected chi connectivity index (χ3v) is 3.68. The molecule has 0 N–H and O–H groups in total. The molecule has 0 saturated carbocycles. The maximum atomic E-state index is 6.03. The zero-order valence-corrected chi connectivity index (χ0v) is 9.92. The average Bonchev–Trinajstić information content (AvgIpc) is 2.48. The molecule has 1 aromatic rings. The van der Waals surface area contributed by atoms with E-state index in [1.807, 2.05) is 6.07 Å². The summed E-state index contributed by atoms with van der Waals surface area (Å²) < 4.78 is 0. The van der Waals surface area contributed by atoms with Crippen LogP contribution < -0.4 is 0 Å². The number of hydrogen-bond donors (Lipinski definition) is 0. The van der Waals surface area contributed by atoms with Gasteiger partial charge in [0.25, 0.3) is 0 Å². The van der Waals surface area contributed by atoms with Crippen LogP contribution >= 0.6 is 22.9 Å². The van der Waals surface area contributed by atoms with Crippen LogP contribution in [0.4, 0.5) is 0 Å². The van der Waals surface area contributed by atoms with Crippen LogP contribution in [0.2, 0.25) is 5.02 Å². The number of thiophene rings is 1. The van der Waals surface area contributed by atoms with Gasteiger partial charge in [-0.15, -0.1) is 11.3 Å². The van der Waals surface area contributed by atoms with Gasteiger partial charge in [-0.3, -0.25) is 0 Å². The lowest BCUT2D eigenvalue weighted by molar-refractivity contribution is 0.507. The summed E-state index contributed by atoms with van der Waals surface area (Å²) in [5, 5.41) is 3.03. The molecule has 0 saturated heterocycles. The summed E-state index contributed by atoms with van der Waals surface area (Å²) in [4.78, 5) is 1.35. The maximum absolute atomic E-state index is 6.03. The van der Waals surface area contributed by atoms with Gasteiger partial charge in [-0.25, -0.2) is 0 Å². The Labute approximate surface area is 89.9 Å². The molecule has 1 aromatic heterocycles. The molecule has 0 aliphatic heterocycles. The van der Waals surface area contributed by atoms with E-state index < -0.39 is 0 Å². The van der Waals surface area contributed by atoms with Crippen molar-refractivity contribution < 1.29 is 0 Å². The van der Waals surface area contributed by atoms with E-state index >= 15 is 0 Å². The van der Waals surface area contributed by atoms with Gasteiger partial charge in [0, 0.05) is 4.88 Å². The normalized spacial score (nSPS) is 13.2. The highest BCUT2D eigenvalue weighted by Crippen LogP contribution is 2.26. The van der Waals surface area contributed by atoms with Crippen molar-refractivity contribution in [3.05, 3.63) is 21.3 Å². The zero-order chi connectivity index (χ0) is 9.68. The molecule has 2 heteroatoms. The first-order valence-corrected chi connectivity index (χ1v) is 6.21. The predicted molar refractivity (Wildman–Crippen MR) is 61.7 cm³/mol. The molecule has 0 amide bonds. The van der Waals surface area contributed by atoms with E-state index in [0.29, 0.717) is 0 Å².